The van der Waals surface area contributed by atoms with Gasteiger partial charge in [0.15, 0.2) is 0 Å². The van der Waals surface area contributed by atoms with Gasteiger partial charge in [0.1, 0.15) is 12.4 Å². The van der Waals surface area contributed by atoms with E-state index in [2.05, 4.69) is 5.10 Å². The molecule has 2 unspecified atom stereocenters. The lowest BCUT2D eigenvalue weighted by molar-refractivity contribution is -0.149. The monoisotopic (exact) mass is 508 g/mol. The van der Waals surface area contributed by atoms with Crippen molar-refractivity contribution in [2.24, 2.45) is 5.92 Å². The molecule has 2 atom stereocenters. The smallest absolute Gasteiger partial charge is 0.335 e. The highest BCUT2D eigenvalue weighted by Gasteiger charge is 2.29. The number of carboxylic acids is 1. The van der Waals surface area contributed by atoms with Gasteiger partial charge in [0.25, 0.3) is 0 Å². The summed E-state index contributed by atoms with van der Waals surface area (Å²) in [5.74, 6) is -2.64. The van der Waals surface area contributed by atoms with Gasteiger partial charge in [-0.3, -0.25) is 4.79 Å². The summed E-state index contributed by atoms with van der Waals surface area (Å²) in [6, 6.07) is 27.9. The Bertz CT molecular complexity index is 1580. The fourth-order valence-electron chi connectivity index (χ4n) is 4.63. The summed E-state index contributed by atoms with van der Waals surface area (Å²) in [5, 5.41) is 14.7. The van der Waals surface area contributed by atoms with Crippen molar-refractivity contribution >= 4 is 22.8 Å². The van der Waals surface area contributed by atoms with Crippen LogP contribution in [0.4, 0.5) is 4.39 Å². The van der Waals surface area contributed by atoms with Crippen molar-refractivity contribution in [1.29, 1.82) is 0 Å². The molecule has 7 heteroatoms. The number of aromatic carboxylic acids is 1. The Morgan fingerprint density at radius 3 is 2.29 bits per heavy atom. The summed E-state index contributed by atoms with van der Waals surface area (Å²) >= 11 is 0. The average molecular weight is 509 g/mol. The van der Waals surface area contributed by atoms with Crippen LogP contribution >= 0.6 is 0 Å². The molecule has 0 bridgehead atoms. The van der Waals surface area contributed by atoms with Crippen LogP contribution in [-0.2, 0) is 16.1 Å². The second-order valence-corrected chi connectivity index (χ2v) is 9.14. The van der Waals surface area contributed by atoms with Crippen molar-refractivity contribution in [3.05, 3.63) is 131 Å². The van der Waals surface area contributed by atoms with Gasteiger partial charge < -0.3 is 9.84 Å². The fraction of sp³-hybridized carbons (Fsp3) is 0.129. The number of ether oxygens (including phenoxy) is 1. The largest absolute Gasteiger partial charge is 0.478 e. The molecule has 38 heavy (non-hydrogen) atoms. The highest BCUT2D eigenvalue weighted by molar-refractivity contribution is 5.87. The molecular weight excluding hydrogens is 483 g/mol. The number of fused-ring (bicyclic) bond motifs is 1. The minimum atomic E-state index is -1.02. The lowest BCUT2D eigenvalue weighted by atomic mass is 9.81. The molecule has 0 amide bonds. The lowest BCUT2D eigenvalue weighted by Gasteiger charge is -2.24. The quantitative estimate of drug-likeness (QED) is 0.246. The van der Waals surface area contributed by atoms with Gasteiger partial charge in [0, 0.05) is 11.3 Å². The topological polar surface area (TPSA) is 81.4 Å². The Morgan fingerprint density at radius 2 is 1.61 bits per heavy atom. The maximum atomic E-state index is 13.4. The molecule has 5 aromatic rings. The van der Waals surface area contributed by atoms with E-state index in [1.165, 1.54) is 24.3 Å². The highest BCUT2D eigenvalue weighted by Crippen LogP contribution is 2.35. The van der Waals surface area contributed by atoms with Crippen molar-refractivity contribution in [2.75, 3.05) is 0 Å². The number of hydrogen-bond acceptors (Lipinski definition) is 4. The molecular formula is C31H25FN2O4. The third-order valence-corrected chi connectivity index (χ3v) is 6.63. The van der Waals surface area contributed by atoms with Crippen molar-refractivity contribution in [1.82, 2.24) is 9.78 Å². The summed E-state index contributed by atoms with van der Waals surface area (Å²) in [4.78, 5) is 24.6. The molecule has 6 nitrogen and oxygen atoms in total. The SMILES string of the molecule is CC(C(=O)OCc1ccccc1)C(c1ccc(C(=O)O)cc1)c1ccc2c(cnn2-c2ccc(F)cc2)c1. The van der Waals surface area contributed by atoms with E-state index in [1.54, 1.807) is 35.1 Å². The van der Waals surface area contributed by atoms with E-state index in [0.717, 1.165) is 33.3 Å². The number of aromatic nitrogens is 2. The van der Waals surface area contributed by atoms with E-state index in [-0.39, 0.29) is 29.9 Å². The highest BCUT2D eigenvalue weighted by atomic mass is 19.1. The maximum Gasteiger partial charge on any atom is 0.335 e. The Balaban J connectivity index is 1.49. The zero-order chi connectivity index (χ0) is 26.6. The van der Waals surface area contributed by atoms with Crippen LogP contribution in [0.25, 0.3) is 16.6 Å². The van der Waals surface area contributed by atoms with Crippen LogP contribution in [0.3, 0.4) is 0 Å². The molecule has 4 aromatic carbocycles. The Hall–Kier alpha value is -4.78. The zero-order valence-corrected chi connectivity index (χ0v) is 20.6. The summed E-state index contributed by atoms with van der Waals surface area (Å²) in [6.45, 7) is 1.98. The second-order valence-electron chi connectivity index (χ2n) is 9.14. The molecule has 0 aliphatic carbocycles. The van der Waals surface area contributed by atoms with Crippen LogP contribution < -0.4 is 0 Å². The standard InChI is InChI=1S/C31H25FN2O4/c1-20(31(37)38-19-21-5-3-2-4-6-21)29(22-7-9-23(10-8-22)30(35)36)24-11-16-28-25(17-24)18-33-34(28)27-14-12-26(32)13-15-27/h2-18,20,29H,19H2,1H3,(H,35,36). The fourth-order valence-corrected chi connectivity index (χ4v) is 4.63. The van der Waals surface area contributed by atoms with Gasteiger partial charge in [-0.25, -0.2) is 13.9 Å². The van der Waals surface area contributed by atoms with E-state index in [1.807, 2.05) is 55.5 Å². The molecule has 1 aromatic heterocycles. The van der Waals surface area contributed by atoms with E-state index in [4.69, 9.17) is 4.74 Å². The van der Waals surface area contributed by atoms with Crippen molar-refractivity contribution in [3.8, 4) is 5.69 Å². The Morgan fingerprint density at radius 1 is 0.921 bits per heavy atom. The summed E-state index contributed by atoms with van der Waals surface area (Å²) in [7, 11) is 0. The third-order valence-electron chi connectivity index (χ3n) is 6.63. The molecule has 0 aliphatic rings. The lowest BCUT2D eigenvalue weighted by Crippen LogP contribution is -2.23. The normalized spacial score (nSPS) is 12.7. The first-order chi connectivity index (χ1) is 18.4. The van der Waals surface area contributed by atoms with Gasteiger partial charge in [0.05, 0.1) is 28.9 Å². The third kappa shape index (κ3) is 5.18. The molecule has 0 saturated carbocycles. The van der Waals surface area contributed by atoms with Crippen LogP contribution in [0.15, 0.2) is 103 Å². The van der Waals surface area contributed by atoms with Crippen LogP contribution in [-0.4, -0.2) is 26.8 Å². The van der Waals surface area contributed by atoms with Crippen molar-refractivity contribution in [3.63, 3.8) is 0 Å². The first-order valence-corrected chi connectivity index (χ1v) is 12.2. The second kappa shape index (κ2) is 10.7. The van der Waals surface area contributed by atoms with Crippen molar-refractivity contribution in [2.45, 2.75) is 19.4 Å². The maximum absolute atomic E-state index is 13.4. The van der Waals surface area contributed by atoms with Crippen LogP contribution in [0, 0.1) is 11.7 Å². The minimum absolute atomic E-state index is 0.165. The first-order valence-electron chi connectivity index (χ1n) is 12.2. The van der Waals surface area contributed by atoms with Gasteiger partial charge in [-0.1, -0.05) is 55.5 Å². The van der Waals surface area contributed by atoms with E-state index in [9.17, 15) is 19.1 Å². The number of carboxylic acid groups (broad SMARTS) is 1. The molecule has 5 rings (SSSR count). The molecule has 0 aliphatic heterocycles. The van der Waals surface area contributed by atoms with Gasteiger partial charge in [-0.15, -0.1) is 0 Å². The van der Waals surface area contributed by atoms with Crippen molar-refractivity contribution < 1.29 is 23.8 Å². The van der Waals surface area contributed by atoms with Gasteiger partial charge in [-0.05, 0) is 65.2 Å². The zero-order valence-electron chi connectivity index (χ0n) is 20.6. The number of benzene rings is 4. The Labute approximate surface area is 218 Å². The van der Waals surface area contributed by atoms with Gasteiger partial charge >= 0.3 is 11.9 Å². The van der Waals surface area contributed by atoms with E-state index >= 15 is 0 Å². The number of hydrogen-bond donors (Lipinski definition) is 1. The Kier molecular flexibility index (Phi) is 7.00. The summed E-state index contributed by atoms with van der Waals surface area (Å²) in [6.07, 6.45) is 1.73. The first kappa shape index (κ1) is 24.9. The average Bonchev–Trinajstić information content (AvgIpc) is 3.36. The number of rotatable bonds is 8. The predicted molar refractivity (Wildman–Crippen MR) is 142 cm³/mol. The summed E-state index contributed by atoms with van der Waals surface area (Å²) in [5.41, 5.74) is 4.29. The van der Waals surface area contributed by atoms with E-state index < -0.39 is 11.9 Å². The number of nitrogens with zero attached hydrogens (tertiary/aromatic N) is 2. The molecule has 190 valence electrons. The van der Waals surface area contributed by atoms with Crippen LogP contribution in [0.1, 0.15) is 39.9 Å². The van der Waals surface area contributed by atoms with Gasteiger partial charge in [-0.2, -0.15) is 5.10 Å². The molecule has 0 radical (unpaired) electrons. The van der Waals surface area contributed by atoms with E-state index in [0.29, 0.717) is 0 Å². The molecule has 0 fully saturated rings. The molecule has 0 spiro atoms. The van der Waals surface area contributed by atoms with Crippen LogP contribution in [0.2, 0.25) is 0 Å². The summed E-state index contributed by atoms with van der Waals surface area (Å²) < 4.78 is 20.8. The minimum Gasteiger partial charge on any atom is -0.478 e. The number of carbonyl (C=O) groups is 2. The predicted octanol–water partition coefficient (Wildman–Crippen LogP) is 6.37. The molecule has 1 heterocycles. The number of halogens is 1. The van der Waals surface area contributed by atoms with Crippen LogP contribution in [0.5, 0.6) is 0 Å². The number of esters is 1. The molecule has 0 saturated heterocycles. The van der Waals surface area contributed by atoms with Gasteiger partial charge in [0.2, 0.25) is 0 Å². The molecule has 1 N–H and O–H groups in total. The number of carbonyl (C=O) groups excluding carboxylic acids is 1.